The van der Waals surface area contributed by atoms with E-state index in [0.717, 1.165) is 36.3 Å². The largest absolute Gasteiger partial charge is 0.494 e. The molecule has 0 aliphatic carbocycles. The zero-order chi connectivity index (χ0) is 18.8. The molecule has 0 saturated carbocycles. The lowest BCUT2D eigenvalue weighted by Gasteiger charge is -2.29. The van der Waals surface area contributed by atoms with Crippen LogP contribution < -0.4 is 15.4 Å². The summed E-state index contributed by atoms with van der Waals surface area (Å²) in [4.78, 5) is 7.18. The van der Waals surface area contributed by atoms with Crippen molar-refractivity contribution in [3.63, 3.8) is 0 Å². The lowest BCUT2D eigenvalue weighted by molar-refractivity contribution is 0.213. The summed E-state index contributed by atoms with van der Waals surface area (Å²) >= 11 is 0. The second-order valence-corrected chi connectivity index (χ2v) is 7.20. The second-order valence-electron chi connectivity index (χ2n) is 7.20. The van der Waals surface area contributed by atoms with Gasteiger partial charge in [0.25, 0.3) is 0 Å². The van der Waals surface area contributed by atoms with Crippen molar-refractivity contribution in [3.05, 3.63) is 29.3 Å². The van der Waals surface area contributed by atoms with E-state index in [9.17, 15) is 0 Å². The molecule has 1 aromatic carbocycles. The molecular weight excluding hydrogens is 324 g/mol. The van der Waals surface area contributed by atoms with E-state index in [-0.39, 0.29) is 0 Å². The maximum Gasteiger partial charge on any atom is 0.191 e. The van der Waals surface area contributed by atoms with Crippen molar-refractivity contribution >= 4 is 5.96 Å². The normalized spacial score (nSPS) is 16.5. The van der Waals surface area contributed by atoms with Crippen LogP contribution in [-0.2, 0) is 6.54 Å². The number of aliphatic imine (C=N–C) groups is 1. The molecule has 2 rings (SSSR count). The van der Waals surface area contributed by atoms with E-state index < -0.39 is 0 Å². The van der Waals surface area contributed by atoms with Gasteiger partial charge < -0.3 is 20.3 Å². The highest BCUT2D eigenvalue weighted by atomic mass is 16.5. The smallest absolute Gasteiger partial charge is 0.191 e. The third-order valence-electron chi connectivity index (χ3n) is 4.96. The molecule has 5 nitrogen and oxygen atoms in total. The van der Waals surface area contributed by atoms with Gasteiger partial charge in [-0.25, -0.2) is 4.99 Å². The fourth-order valence-corrected chi connectivity index (χ4v) is 3.33. The molecule has 1 aromatic rings. The molecule has 146 valence electrons. The molecule has 0 radical (unpaired) electrons. The van der Waals surface area contributed by atoms with Crippen LogP contribution >= 0.6 is 0 Å². The average Bonchev–Trinajstić information content (AvgIpc) is 2.63. The zero-order valence-corrected chi connectivity index (χ0v) is 17.0. The SMILES string of the molecule is CCNC(=NCc1ccc(C)cc1OCC)NCCC1CCN(C)CC1. The van der Waals surface area contributed by atoms with Gasteiger partial charge in [-0.1, -0.05) is 12.1 Å². The summed E-state index contributed by atoms with van der Waals surface area (Å²) in [5.74, 6) is 2.67. The number of hydrogen-bond acceptors (Lipinski definition) is 3. The Kier molecular flexibility index (Phi) is 8.75. The number of rotatable bonds is 8. The molecule has 1 saturated heterocycles. The number of nitrogens with zero attached hydrogens (tertiary/aromatic N) is 2. The number of hydrogen-bond donors (Lipinski definition) is 2. The Balaban J connectivity index is 1.88. The Labute approximate surface area is 159 Å². The Morgan fingerprint density at radius 1 is 1.23 bits per heavy atom. The van der Waals surface area contributed by atoms with Gasteiger partial charge in [0.15, 0.2) is 5.96 Å². The van der Waals surface area contributed by atoms with Gasteiger partial charge in [-0.15, -0.1) is 0 Å². The van der Waals surface area contributed by atoms with E-state index in [0.29, 0.717) is 13.2 Å². The molecule has 0 spiro atoms. The molecule has 1 fully saturated rings. The van der Waals surface area contributed by atoms with Crippen molar-refractivity contribution in [2.24, 2.45) is 10.9 Å². The molecular formula is C21H36N4O. The number of piperidine rings is 1. The third-order valence-corrected chi connectivity index (χ3v) is 4.96. The molecule has 0 amide bonds. The van der Waals surface area contributed by atoms with Gasteiger partial charge in [0.1, 0.15) is 5.75 Å². The summed E-state index contributed by atoms with van der Waals surface area (Å²) in [7, 11) is 2.21. The second kappa shape index (κ2) is 11.1. The highest BCUT2D eigenvalue weighted by molar-refractivity contribution is 5.79. The Morgan fingerprint density at radius 3 is 2.69 bits per heavy atom. The van der Waals surface area contributed by atoms with Crippen LogP contribution in [0.2, 0.25) is 0 Å². The summed E-state index contributed by atoms with van der Waals surface area (Å²) in [6, 6.07) is 6.33. The molecule has 0 atom stereocenters. The monoisotopic (exact) mass is 360 g/mol. The van der Waals surface area contributed by atoms with Gasteiger partial charge in [0.05, 0.1) is 13.2 Å². The Bertz CT molecular complexity index is 565. The van der Waals surface area contributed by atoms with E-state index in [1.165, 1.54) is 37.9 Å². The van der Waals surface area contributed by atoms with Crippen molar-refractivity contribution in [1.82, 2.24) is 15.5 Å². The molecule has 1 aliphatic rings. The minimum atomic E-state index is 0.624. The number of ether oxygens (including phenoxy) is 1. The van der Waals surface area contributed by atoms with Crippen LogP contribution in [0, 0.1) is 12.8 Å². The molecule has 0 aromatic heterocycles. The van der Waals surface area contributed by atoms with Crippen molar-refractivity contribution in [2.45, 2.75) is 46.6 Å². The first kappa shape index (κ1) is 20.6. The molecule has 1 heterocycles. The fourth-order valence-electron chi connectivity index (χ4n) is 3.33. The maximum atomic E-state index is 5.77. The van der Waals surface area contributed by atoms with E-state index in [2.05, 4.69) is 54.6 Å². The highest BCUT2D eigenvalue weighted by Gasteiger charge is 2.16. The summed E-state index contributed by atoms with van der Waals surface area (Å²) in [5.41, 5.74) is 2.34. The van der Waals surface area contributed by atoms with E-state index in [1.54, 1.807) is 0 Å². The van der Waals surface area contributed by atoms with Crippen molar-refractivity contribution in [3.8, 4) is 5.75 Å². The van der Waals surface area contributed by atoms with Gasteiger partial charge in [-0.05, 0) is 77.7 Å². The predicted molar refractivity (Wildman–Crippen MR) is 110 cm³/mol. The standard InChI is InChI=1S/C21H36N4O/c1-5-22-21(23-12-9-18-10-13-25(4)14-11-18)24-16-19-8-7-17(3)15-20(19)26-6-2/h7-8,15,18H,5-6,9-14,16H2,1-4H3,(H2,22,23,24). The van der Waals surface area contributed by atoms with Crippen LogP contribution in [0.15, 0.2) is 23.2 Å². The van der Waals surface area contributed by atoms with E-state index in [4.69, 9.17) is 9.73 Å². The fraction of sp³-hybridized carbons (Fsp3) is 0.667. The van der Waals surface area contributed by atoms with Gasteiger partial charge in [-0.3, -0.25) is 0 Å². The van der Waals surface area contributed by atoms with Crippen molar-refractivity contribution in [1.29, 1.82) is 0 Å². The van der Waals surface area contributed by atoms with Crippen LogP contribution in [0.5, 0.6) is 5.75 Å². The van der Waals surface area contributed by atoms with Crippen LogP contribution in [0.4, 0.5) is 0 Å². The summed E-state index contributed by atoms with van der Waals surface area (Å²) in [6.45, 7) is 11.8. The van der Waals surface area contributed by atoms with Crippen molar-refractivity contribution < 1.29 is 4.74 Å². The van der Waals surface area contributed by atoms with Gasteiger partial charge in [0.2, 0.25) is 0 Å². The molecule has 0 unspecified atom stereocenters. The Hall–Kier alpha value is -1.75. The van der Waals surface area contributed by atoms with Crippen LogP contribution in [0.3, 0.4) is 0 Å². The summed E-state index contributed by atoms with van der Waals surface area (Å²) < 4.78 is 5.77. The van der Waals surface area contributed by atoms with Crippen LogP contribution in [-0.4, -0.2) is 50.7 Å². The maximum absolute atomic E-state index is 5.77. The zero-order valence-electron chi connectivity index (χ0n) is 17.0. The third kappa shape index (κ3) is 6.87. The topological polar surface area (TPSA) is 48.9 Å². The first-order valence-corrected chi connectivity index (χ1v) is 10.0. The van der Waals surface area contributed by atoms with Crippen LogP contribution in [0.25, 0.3) is 0 Å². The molecule has 2 N–H and O–H groups in total. The van der Waals surface area contributed by atoms with Crippen LogP contribution in [0.1, 0.15) is 44.2 Å². The van der Waals surface area contributed by atoms with Crippen molar-refractivity contribution in [2.75, 3.05) is 39.8 Å². The number of aryl methyl sites for hydroxylation is 1. The average molecular weight is 361 g/mol. The quantitative estimate of drug-likeness (QED) is 0.552. The number of guanidine groups is 1. The van der Waals surface area contributed by atoms with Gasteiger partial charge in [-0.2, -0.15) is 0 Å². The number of benzene rings is 1. The first-order chi connectivity index (χ1) is 12.6. The lowest BCUT2D eigenvalue weighted by atomic mass is 9.94. The first-order valence-electron chi connectivity index (χ1n) is 10.0. The molecule has 26 heavy (non-hydrogen) atoms. The molecule has 1 aliphatic heterocycles. The van der Waals surface area contributed by atoms with Gasteiger partial charge >= 0.3 is 0 Å². The molecule has 0 bridgehead atoms. The minimum Gasteiger partial charge on any atom is -0.494 e. The number of likely N-dealkylation sites (tertiary alicyclic amines) is 1. The van der Waals surface area contributed by atoms with E-state index >= 15 is 0 Å². The number of nitrogens with one attached hydrogen (secondary N) is 2. The highest BCUT2D eigenvalue weighted by Crippen LogP contribution is 2.21. The van der Waals surface area contributed by atoms with Gasteiger partial charge in [0, 0.05) is 18.7 Å². The summed E-state index contributed by atoms with van der Waals surface area (Å²) in [6.07, 6.45) is 3.84. The Morgan fingerprint density at radius 2 is 2.00 bits per heavy atom. The van der Waals surface area contributed by atoms with E-state index in [1.807, 2.05) is 6.92 Å². The lowest BCUT2D eigenvalue weighted by Crippen LogP contribution is -2.39. The summed E-state index contributed by atoms with van der Waals surface area (Å²) in [5, 5.41) is 6.85. The minimum absolute atomic E-state index is 0.624. The molecule has 5 heteroatoms. The predicted octanol–water partition coefficient (Wildman–Crippen LogP) is 3.18.